The van der Waals surface area contributed by atoms with Crippen molar-refractivity contribution in [3.8, 4) is 0 Å². The van der Waals surface area contributed by atoms with Crippen molar-refractivity contribution >= 4 is 11.6 Å². The molecule has 20 heavy (non-hydrogen) atoms. The second-order valence-corrected chi connectivity index (χ2v) is 6.75. The van der Waals surface area contributed by atoms with Gasteiger partial charge in [0.25, 0.3) is 0 Å². The van der Waals surface area contributed by atoms with Gasteiger partial charge in [-0.3, -0.25) is 0 Å². The van der Waals surface area contributed by atoms with Crippen LogP contribution in [0.4, 0.5) is 0 Å². The molecule has 0 saturated carbocycles. The van der Waals surface area contributed by atoms with Gasteiger partial charge in [-0.1, -0.05) is 68.8 Å². The number of halogens is 1. The molecule has 0 aliphatic rings. The topological polar surface area (TPSA) is 26.0 Å². The monoisotopic (exact) mass is 287 g/mol. The minimum atomic E-state index is -0.0193. The summed E-state index contributed by atoms with van der Waals surface area (Å²) in [6.45, 7) is 6.67. The second kappa shape index (κ2) is 5.99. The first-order chi connectivity index (χ1) is 9.36. The Morgan fingerprint density at radius 2 is 1.70 bits per heavy atom. The third kappa shape index (κ3) is 3.84. The number of hydrogen-bond acceptors (Lipinski definition) is 1. The normalized spacial score (nSPS) is 13.2. The summed E-state index contributed by atoms with van der Waals surface area (Å²) in [6.07, 6.45) is 0.824. The van der Waals surface area contributed by atoms with Crippen molar-refractivity contribution < 1.29 is 0 Å². The largest absolute Gasteiger partial charge is 0.324 e. The molecule has 0 aliphatic carbocycles. The SMILES string of the molecule is CC(C)(C)c1ccc(CC(N)c2cccc(Cl)c2)cc1. The van der Waals surface area contributed by atoms with Gasteiger partial charge in [0.15, 0.2) is 0 Å². The van der Waals surface area contributed by atoms with Gasteiger partial charge in [-0.2, -0.15) is 0 Å². The maximum Gasteiger partial charge on any atom is 0.0409 e. The molecule has 0 aliphatic heterocycles. The number of rotatable bonds is 3. The van der Waals surface area contributed by atoms with E-state index >= 15 is 0 Å². The van der Waals surface area contributed by atoms with Crippen LogP contribution < -0.4 is 5.73 Å². The summed E-state index contributed by atoms with van der Waals surface area (Å²) in [5.41, 5.74) is 10.1. The molecule has 2 N–H and O–H groups in total. The molecule has 0 radical (unpaired) electrons. The fourth-order valence-corrected chi connectivity index (χ4v) is 2.45. The van der Waals surface area contributed by atoms with Crippen LogP contribution in [-0.4, -0.2) is 0 Å². The van der Waals surface area contributed by atoms with Crippen LogP contribution in [-0.2, 0) is 11.8 Å². The Hall–Kier alpha value is -1.31. The number of nitrogens with two attached hydrogens (primary N) is 1. The smallest absolute Gasteiger partial charge is 0.0409 e. The van der Waals surface area contributed by atoms with Crippen LogP contribution in [0.5, 0.6) is 0 Å². The summed E-state index contributed by atoms with van der Waals surface area (Å²) in [4.78, 5) is 0. The maximum atomic E-state index is 6.26. The van der Waals surface area contributed by atoms with E-state index in [9.17, 15) is 0 Å². The molecule has 0 bridgehead atoms. The molecule has 0 saturated heterocycles. The van der Waals surface area contributed by atoms with E-state index in [4.69, 9.17) is 17.3 Å². The molecular weight excluding hydrogens is 266 g/mol. The number of benzene rings is 2. The third-order valence-electron chi connectivity index (χ3n) is 3.55. The maximum absolute atomic E-state index is 6.26. The Morgan fingerprint density at radius 1 is 1.05 bits per heavy atom. The van der Waals surface area contributed by atoms with Gasteiger partial charge in [0.1, 0.15) is 0 Å². The van der Waals surface area contributed by atoms with Crippen molar-refractivity contribution in [1.82, 2.24) is 0 Å². The molecule has 1 atom stereocenters. The highest BCUT2D eigenvalue weighted by molar-refractivity contribution is 6.30. The van der Waals surface area contributed by atoms with E-state index in [1.54, 1.807) is 0 Å². The Morgan fingerprint density at radius 3 is 2.25 bits per heavy atom. The zero-order chi connectivity index (χ0) is 14.8. The molecule has 0 spiro atoms. The van der Waals surface area contributed by atoms with Gasteiger partial charge < -0.3 is 5.73 Å². The first kappa shape index (κ1) is 15.1. The van der Waals surface area contributed by atoms with Crippen molar-refractivity contribution in [3.05, 3.63) is 70.2 Å². The van der Waals surface area contributed by atoms with E-state index < -0.39 is 0 Å². The summed E-state index contributed by atoms with van der Waals surface area (Å²) >= 11 is 6.01. The highest BCUT2D eigenvalue weighted by atomic mass is 35.5. The van der Waals surface area contributed by atoms with Gasteiger partial charge in [-0.05, 0) is 40.7 Å². The van der Waals surface area contributed by atoms with Crippen LogP contribution in [0.2, 0.25) is 5.02 Å². The van der Waals surface area contributed by atoms with Gasteiger partial charge in [-0.25, -0.2) is 0 Å². The molecule has 1 unspecified atom stereocenters. The first-order valence-electron chi connectivity index (χ1n) is 6.97. The molecule has 2 aromatic rings. The summed E-state index contributed by atoms with van der Waals surface area (Å²) in [7, 11) is 0. The van der Waals surface area contributed by atoms with E-state index in [1.165, 1.54) is 11.1 Å². The Balaban J connectivity index is 2.10. The zero-order valence-electron chi connectivity index (χ0n) is 12.4. The Kier molecular flexibility index (Phi) is 4.52. The Labute approximate surface area is 126 Å². The molecule has 0 amide bonds. The lowest BCUT2D eigenvalue weighted by molar-refractivity contribution is 0.589. The summed E-state index contributed by atoms with van der Waals surface area (Å²) in [5, 5.41) is 0.737. The van der Waals surface area contributed by atoms with Crippen LogP contribution in [0, 0.1) is 0 Å². The average Bonchev–Trinajstić information content (AvgIpc) is 2.38. The molecule has 1 nitrogen and oxygen atoms in total. The predicted molar refractivity (Wildman–Crippen MR) is 87.2 cm³/mol. The zero-order valence-corrected chi connectivity index (χ0v) is 13.1. The second-order valence-electron chi connectivity index (χ2n) is 6.31. The van der Waals surface area contributed by atoms with Crippen molar-refractivity contribution in [2.24, 2.45) is 5.73 Å². The van der Waals surface area contributed by atoms with Gasteiger partial charge in [0.05, 0.1) is 0 Å². The summed E-state index contributed by atoms with van der Waals surface area (Å²) in [5.74, 6) is 0. The average molecular weight is 288 g/mol. The van der Waals surface area contributed by atoms with Gasteiger partial charge in [0, 0.05) is 11.1 Å². The molecule has 2 aromatic carbocycles. The van der Waals surface area contributed by atoms with Gasteiger partial charge in [0.2, 0.25) is 0 Å². The van der Waals surface area contributed by atoms with E-state index in [2.05, 4.69) is 45.0 Å². The number of hydrogen-bond donors (Lipinski definition) is 1. The highest BCUT2D eigenvalue weighted by Crippen LogP contribution is 2.24. The first-order valence-corrected chi connectivity index (χ1v) is 7.34. The Bertz CT molecular complexity index is 567. The summed E-state index contributed by atoms with van der Waals surface area (Å²) < 4.78 is 0. The molecule has 0 fully saturated rings. The highest BCUT2D eigenvalue weighted by Gasteiger charge is 2.13. The molecular formula is C18H22ClN. The van der Waals surface area contributed by atoms with Crippen LogP contribution >= 0.6 is 11.6 Å². The minimum absolute atomic E-state index is 0.0193. The fraction of sp³-hybridized carbons (Fsp3) is 0.333. The van der Waals surface area contributed by atoms with Crippen LogP contribution in [0.3, 0.4) is 0 Å². The van der Waals surface area contributed by atoms with Gasteiger partial charge >= 0.3 is 0 Å². The van der Waals surface area contributed by atoms with Crippen molar-refractivity contribution in [2.75, 3.05) is 0 Å². The van der Waals surface area contributed by atoms with E-state index in [0.717, 1.165) is 17.0 Å². The quantitative estimate of drug-likeness (QED) is 0.855. The van der Waals surface area contributed by atoms with Gasteiger partial charge in [-0.15, -0.1) is 0 Å². The molecule has 0 aromatic heterocycles. The minimum Gasteiger partial charge on any atom is -0.324 e. The molecule has 2 rings (SSSR count). The molecule has 2 heteroatoms. The predicted octanol–water partition coefficient (Wildman–Crippen LogP) is 4.88. The van der Waals surface area contributed by atoms with Crippen LogP contribution in [0.1, 0.15) is 43.5 Å². The lowest BCUT2D eigenvalue weighted by Crippen LogP contribution is -2.14. The van der Waals surface area contributed by atoms with E-state index in [-0.39, 0.29) is 11.5 Å². The fourth-order valence-electron chi connectivity index (χ4n) is 2.25. The summed E-state index contributed by atoms with van der Waals surface area (Å²) in [6, 6.07) is 16.5. The van der Waals surface area contributed by atoms with Crippen LogP contribution in [0.25, 0.3) is 0 Å². The van der Waals surface area contributed by atoms with Crippen molar-refractivity contribution in [2.45, 2.75) is 38.6 Å². The lowest BCUT2D eigenvalue weighted by Gasteiger charge is -2.19. The third-order valence-corrected chi connectivity index (χ3v) is 3.79. The van der Waals surface area contributed by atoms with E-state index in [0.29, 0.717) is 0 Å². The van der Waals surface area contributed by atoms with E-state index in [1.807, 2.05) is 24.3 Å². The van der Waals surface area contributed by atoms with Crippen molar-refractivity contribution in [1.29, 1.82) is 0 Å². The van der Waals surface area contributed by atoms with Crippen molar-refractivity contribution in [3.63, 3.8) is 0 Å². The standard InChI is InChI=1S/C18H22ClN/c1-18(2,3)15-9-7-13(8-10-15)11-17(20)14-5-4-6-16(19)12-14/h4-10,12,17H,11,20H2,1-3H3. The molecule has 106 valence electrons. The van der Waals surface area contributed by atoms with Crippen LogP contribution in [0.15, 0.2) is 48.5 Å². The lowest BCUT2D eigenvalue weighted by atomic mass is 9.86. The molecule has 0 heterocycles.